The van der Waals surface area contributed by atoms with E-state index in [0.29, 0.717) is 0 Å². The molecule has 2 aliphatic rings. The van der Waals surface area contributed by atoms with Crippen molar-refractivity contribution in [1.82, 2.24) is 0 Å². The summed E-state index contributed by atoms with van der Waals surface area (Å²) in [5, 5.41) is 10.1. The van der Waals surface area contributed by atoms with Gasteiger partial charge in [0.2, 0.25) is 6.34 Å². The first kappa shape index (κ1) is 80.0. The summed E-state index contributed by atoms with van der Waals surface area (Å²) in [5.74, 6) is -4.04. The largest absolute Gasteiger partial charge is 1.00 e. The van der Waals surface area contributed by atoms with Crippen molar-refractivity contribution < 1.29 is 115 Å². The van der Waals surface area contributed by atoms with Gasteiger partial charge in [-0.3, -0.25) is 12.9 Å². The maximum Gasteiger partial charge on any atom is 1.00 e. The Morgan fingerprint density at radius 2 is 0.965 bits per heavy atom. The second-order valence-corrected chi connectivity index (χ2v) is 26.4. The molecule has 0 bridgehead atoms. The first-order chi connectivity index (χ1) is 38.2. The molecule has 2 aliphatic heterocycles. The van der Waals surface area contributed by atoms with Crippen LogP contribution in [0.25, 0.3) is 6.08 Å². The second kappa shape index (κ2) is 37.0. The fourth-order valence-electron chi connectivity index (χ4n) is 7.79. The molecule has 1 fully saturated rings. The third-order valence-corrected chi connectivity index (χ3v) is 12.7. The molecular formula is C61H71BCl2F12N4NaO3Ru-. The number of hydrogen-bond acceptors (Lipinski definition) is 6. The summed E-state index contributed by atoms with van der Waals surface area (Å²) in [6.45, 7) is 23.6. The van der Waals surface area contributed by atoms with Crippen molar-refractivity contribution in [1.29, 1.82) is 0 Å². The van der Waals surface area contributed by atoms with E-state index in [1.807, 2.05) is 87.8 Å². The van der Waals surface area contributed by atoms with Crippen LogP contribution < -0.4 is 63.5 Å². The van der Waals surface area contributed by atoms with Crippen molar-refractivity contribution in [2.75, 3.05) is 27.8 Å². The molecule has 0 spiro atoms. The molecule has 0 amide bonds. The van der Waals surface area contributed by atoms with Gasteiger partial charge in [0.25, 0.3) is 0 Å². The van der Waals surface area contributed by atoms with E-state index < -0.39 is 84.3 Å². The Morgan fingerprint density at radius 1 is 0.612 bits per heavy atom. The van der Waals surface area contributed by atoms with Gasteiger partial charge < -0.3 is 24.3 Å². The zero-order valence-corrected chi connectivity index (χ0v) is 54.0. The van der Waals surface area contributed by atoms with Crippen LogP contribution >= 0.6 is 19.4 Å². The zero-order chi connectivity index (χ0) is 61.9. The van der Waals surface area contributed by atoms with Crippen LogP contribution in [0.2, 0.25) is 0 Å². The average molecular weight is 1340 g/mol. The Bertz CT molecular complexity index is 3030. The standard InChI is InChI=1S/2C17H15F4N2.C12H16O.C10H12O.C4H9O.CH4.BF3.2ClH.FH.Na.Ru/c2*1-17(2)9-22(15-11(18)5-3-6-12(15)19)10-23(17)16-13(20)7-4-8-14(16)21;1-4-7-11-8-5-6-9-12(11)13-10(2)3;1-8(2)11-10-7-5-4-6-9(10)3;1-4(2,3)5;;2-1(3)4;;;;;/h2*3-8,10H,9H2,1-2H3;4-10H,1-3H3;3-8H,1-2H3;1-3H3;1H4;;3*1H;;/q-1;+1;;;-1;;;;;;+1;+2/p-3. The molecule has 0 saturated carbocycles. The van der Waals surface area contributed by atoms with Crippen LogP contribution in [0.3, 0.4) is 0 Å². The molecule has 0 atom stereocenters. The maximum absolute atomic E-state index is 14.1. The first-order valence-corrected chi connectivity index (χ1v) is 30.8. The molecular weight excluding hydrogens is 1270 g/mol. The predicted molar refractivity (Wildman–Crippen MR) is 313 cm³/mol. The minimum atomic E-state index is -3.67. The fourth-order valence-corrected chi connectivity index (χ4v) is 9.59. The Morgan fingerprint density at radius 3 is 1.35 bits per heavy atom. The molecule has 464 valence electrons. The quantitative estimate of drug-likeness (QED) is 0.0590. The van der Waals surface area contributed by atoms with Crippen molar-refractivity contribution in [2.24, 2.45) is 0 Å². The van der Waals surface area contributed by atoms with E-state index in [0.717, 1.165) is 71.2 Å². The number of benzene rings is 6. The Labute approximate surface area is 528 Å². The van der Waals surface area contributed by atoms with Gasteiger partial charge in [0.05, 0.1) is 17.5 Å². The van der Waals surface area contributed by atoms with Crippen LogP contribution in [0.1, 0.15) is 102 Å². The molecule has 8 rings (SSSR count). The summed E-state index contributed by atoms with van der Waals surface area (Å²) in [5.41, 5.74) is -1.08. The summed E-state index contributed by atoms with van der Waals surface area (Å²) in [7, 11) is 7.97. The van der Waals surface area contributed by atoms with Crippen LogP contribution in [-0.2, 0) is 13.5 Å². The molecule has 0 unspecified atom stereocenters. The summed E-state index contributed by atoms with van der Waals surface area (Å²) < 4.78 is 156. The molecule has 0 N–H and O–H groups in total. The Hall–Kier alpha value is -5.01. The van der Waals surface area contributed by atoms with E-state index in [2.05, 4.69) is 12.1 Å². The molecule has 1 saturated heterocycles. The molecule has 85 heavy (non-hydrogen) atoms. The van der Waals surface area contributed by atoms with Crippen LogP contribution in [-0.4, -0.2) is 65.0 Å². The summed E-state index contributed by atoms with van der Waals surface area (Å²) in [6.07, 6.45) is 5.80. The minimum absolute atomic E-state index is 0. The number of allylic oxidation sites excluding steroid dienone is 1. The monoisotopic (exact) mass is 1340 g/mol. The van der Waals surface area contributed by atoms with E-state index in [-0.39, 0.29) is 89.7 Å². The number of para-hydroxylation sites is 6. The van der Waals surface area contributed by atoms with E-state index in [4.69, 9.17) is 28.9 Å². The van der Waals surface area contributed by atoms with Gasteiger partial charge in [-0.2, -0.15) is 6.67 Å². The topological polar surface area (TPSA) is 54.2 Å². The van der Waals surface area contributed by atoms with Crippen molar-refractivity contribution >= 4 is 66.7 Å². The van der Waals surface area contributed by atoms with Gasteiger partial charge in [-0.1, -0.05) is 82.8 Å². The number of ether oxygens (including phenoxy) is 2. The summed E-state index contributed by atoms with van der Waals surface area (Å²) in [4.78, 5) is 4.06. The van der Waals surface area contributed by atoms with Crippen molar-refractivity contribution in [2.45, 2.75) is 119 Å². The van der Waals surface area contributed by atoms with E-state index in [1.165, 1.54) is 56.5 Å². The molecule has 0 aliphatic carbocycles. The van der Waals surface area contributed by atoms with Gasteiger partial charge in [-0.05, 0) is 103 Å². The van der Waals surface area contributed by atoms with E-state index in [9.17, 15) is 53.2 Å². The van der Waals surface area contributed by atoms with Gasteiger partial charge in [0.1, 0.15) is 41.1 Å². The van der Waals surface area contributed by atoms with Gasteiger partial charge in [0.15, 0.2) is 34.6 Å². The van der Waals surface area contributed by atoms with Crippen LogP contribution in [0, 0.1) is 53.2 Å². The number of hydrogen-bond donors (Lipinski definition) is 0. The molecule has 0 radical (unpaired) electrons. The number of halogens is 14. The fraction of sp³-hybridized carbons (Fsp3) is 0.328. The molecule has 0 aromatic heterocycles. The third-order valence-electron chi connectivity index (χ3n) is 10.8. The van der Waals surface area contributed by atoms with Gasteiger partial charge in [0, 0.05) is 17.6 Å². The van der Waals surface area contributed by atoms with Crippen LogP contribution in [0.15, 0.2) is 127 Å². The first-order valence-electron chi connectivity index (χ1n) is 25.4. The molecule has 6 aromatic carbocycles. The number of nitrogens with zero attached hydrogens (tertiary/aromatic N) is 4. The molecule has 2 heterocycles. The Balaban J connectivity index is 0.00000107. The Kier molecular flexibility index (Phi) is 34.8. The van der Waals surface area contributed by atoms with E-state index in [1.54, 1.807) is 48.5 Å². The molecule has 24 heteroatoms. The van der Waals surface area contributed by atoms with Crippen molar-refractivity contribution in [3.8, 4) is 11.5 Å². The zero-order valence-electron chi connectivity index (χ0n) is 48.7. The third kappa shape index (κ3) is 26.1. The smallest absolute Gasteiger partial charge is 1.00 e. The normalized spacial score (nSPS) is 13.7. The SMILES string of the molecule is C.CC(C)(C)[O-].CC(C)Oc1ccccc1[CH]=[Ru]([Cl])[Cl].CC1(C)CN(c2c(F)cccc2F)[CH-]N1c1c(F)cccc1F.CC1(C)C[N+](c2c(F)cccc2F)=CN1c1c(F)cccc1F.CC=Cc1ccccc1OC(C)C.FB(F)F.[F-].[Na+]. The van der Waals surface area contributed by atoms with Crippen molar-refractivity contribution in [3.05, 3.63) is 192 Å². The van der Waals surface area contributed by atoms with Crippen LogP contribution in [0.4, 0.5) is 70.8 Å². The van der Waals surface area contributed by atoms with Gasteiger partial charge in [-0.25, -0.2) is 44.6 Å². The summed E-state index contributed by atoms with van der Waals surface area (Å²) in [6, 6.07) is 30.1. The average Bonchev–Trinajstić information content (AvgIpc) is 3.82. The maximum atomic E-state index is 14.1. The minimum Gasteiger partial charge on any atom is -1.00 e. The predicted octanol–water partition coefficient (Wildman–Crippen LogP) is 11.4. The summed E-state index contributed by atoms with van der Waals surface area (Å²) >= 11 is -1.77. The van der Waals surface area contributed by atoms with Crippen molar-refractivity contribution in [3.63, 3.8) is 0 Å². The molecule has 7 nitrogen and oxygen atoms in total. The number of rotatable bonds is 10. The van der Waals surface area contributed by atoms with Gasteiger partial charge >= 0.3 is 135 Å². The van der Waals surface area contributed by atoms with E-state index >= 15 is 0 Å². The second-order valence-electron chi connectivity index (χ2n) is 20.7. The molecule has 6 aromatic rings. The van der Waals surface area contributed by atoms with Crippen LogP contribution in [0.5, 0.6) is 11.5 Å². The number of anilines is 3. The van der Waals surface area contributed by atoms with Gasteiger partial charge in [-0.15, -0.1) is 5.60 Å².